The highest BCUT2D eigenvalue weighted by Gasteiger charge is 2.20. The summed E-state index contributed by atoms with van der Waals surface area (Å²) in [6.07, 6.45) is 0. The molecule has 1 amide bonds. The van der Waals surface area contributed by atoms with Gasteiger partial charge in [0.05, 0.1) is 12.3 Å². The normalized spacial score (nSPS) is 10.5. The van der Waals surface area contributed by atoms with Crippen molar-refractivity contribution >= 4 is 51.2 Å². The maximum atomic E-state index is 12.9. The summed E-state index contributed by atoms with van der Waals surface area (Å²) in [5.74, 6) is 1.17. The fraction of sp³-hybridized carbons (Fsp3) is 0.130. The standard InChI is InChI=1S/C23H21N3O3S.ClH/c1-14-12-15(13-28-2)19-20(24)21(30-23(19)25-14)22(27)26-16-8-10-18(11-9-16)29-17-6-4-3-5-7-17;/h3-12H,13,24H2,1-2H3,(H,26,27);1H. The lowest BCUT2D eigenvalue weighted by atomic mass is 10.1. The van der Waals surface area contributed by atoms with E-state index in [1.54, 1.807) is 31.4 Å². The largest absolute Gasteiger partial charge is 0.457 e. The van der Waals surface area contributed by atoms with Crippen LogP contribution in [0.3, 0.4) is 0 Å². The molecule has 31 heavy (non-hydrogen) atoms. The number of anilines is 2. The fourth-order valence-corrected chi connectivity index (χ4v) is 4.28. The number of nitrogens with zero attached hydrogens (tertiary/aromatic N) is 1. The summed E-state index contributed by atoms with van der Waals surface area (Å²) < 4.78 is 11.1. The average Bonchev–Trinajstić information content (AvgIpc) is 3.07. The van der Waals surface area contributed by atoms with Crippen LogP contribution in [0.15, 0.2) is 60.7 Å². The first-order chi connectivity index (χ1) is 14.5. The Hall–Kier alpha value is -3.13. The number of aryl methyl sites for hydroxylation is 1. The van der Waals surface area contributed by atoms with Crippen molar-refractivity contribution in [3.05, 3.63) is 76.8 Å². The van der Waals surface area contributed by atoms with Crippen molar-refractivity contribution in [3.63, 3.8) is 0 Å². The fourth-order valence-electron chi connectivity index (χ4n) is 3.19. The van der Waals surface area contributed by atoms with Gasteiger partial charge in [-0.05, 0) is 55.0 Å². The van der Waals surface area contributed by atoms with E-state index in [9.17, 15) is 4.79 Å². The third kappa shape index (κ3) is 4.96. The van der Waals surface area contributed by atoms with Crippen molar-refractivity contribution in [2.75, 3.05) is 18.2 Å². The zero-order valence-electron chi connectivity index (χ0n) is 17.0. The SMILES string of the molecule is COCc1cc(C)nc2sc(C(=O)Nc3ccc(Oc4ccccc4)cc3)c(N)c12.Cl. The maximum absolute atomic E-state index is 12.9. The molecule has 0 unspecified atom stereocenters. The number of benzene rings is 2. The number of carbonyl (C=O) groups excluding carboxylic acids is 1. The molecule has 2 aromatic carbocycles. The van der Waals surface area contributed by atoms with Crippen LogP contribution in [0.25, 0.3) is 10.2 Å². The number of fused-ring (bicyclic) bond motifs is 1. The van der Waals surface area contributed by atoms with Crippen LogP contribution in [0.2, 0.25) is 0 Å². The number of pyridine rings is 1. The number of halogens is 1. The molecule has 0 saturated heterocycles. The second-order valence-electron chi connectivity index (χ2n) is 6.77. The molecule has 8 heteroatoms. The van der Waals surface area contributed by atoms with Crippen LogP contribution in [-0.4, -0.2) is 18.0 Å². The van der Waals surface area contributed by atoms with Crippen molar-refractivity contribution in [2.24, 2.45) is 0 Å². The molecule has 0 aliphatic rings. The van der Waals surface area contributed by atoms with Gasteiger partial charge in [0.15, 0.2) is 0 Å². The number of thiophene rings is 1. The first kappa shape index (κ1) is 22.6. The van der Waals surface area contributed by atoms with Gasteiger partial charge in [-0.15, -0.1) is 23.7 Å². The molecule has 0 saturated carbocycles. The molecule has 6 nitrogen and oxygen atoms in total. The lowest BCUT2D eigenvalue weighted by Crippen LogP contribution is -2.12. The van der Waals surface area contributed by atoms with E-state index in [0.717, 1.165) is 27.2 Å². The third-order valence-electron chi connectivity index (χ3n) is 4.51. The number of amides is 1. The Balaban J connectivity index is 0.00000272. The summed E-state index contributed by atoms with van der Waals surface area (Å²) in [6.45, 7) is 2.32. The van der Waals surface area contributed by atoms with Crippen molar-refractivity contribution < 1.29 is 14.3 Å². The third-order valence-corrected chi connectivity index (χ3v) is 5.60. The molecule has 0 spiro atoms. The smallest absolute Gasteiger partial charge is 0.267 e. The van der Waals surface area contributed by atoms with Crippen LogP contribution in [0.4, 0.5) is 11.4 Å². The average molecular weight is 456 g/mol. The van der Waals surface area contributed by atoms with Crippen LogP contribution in [0.5, 0.6) is 11.5 Å². The Morgan fingerprint density at radius 2 is 1.77 bits per heavy atom. The number of para-hydroxylation sites is 1. The van der Waals surface area contributed by atoms with E-state index in [0.29, 0.717) is 28.6 Å². The lowest BCUT2D eigenvalue weighted by Gasteiger charge is -2.08. The molecule has 2 heterocycles. The quantitative estimate of drug-likeness (QED) is 0.383. The van der Waals surface area contributed by atoms with Crippen molar-refractivity contribution in [2.45, 2.75) is 13.5 Å². The second-order valence-corrected chi connectivity index (χ2v) is 7.77. The van der Waals surface area contributed by atoms with Crippen LogP contribution in [0.1, 0.15) is 20.9 Å². The molecule has 160 valence electrons. The van der Waals surface area contributed by atoms with Crippen LogP contribution in [-0.2, 0) is 11.3 Å². The van der Waals surface area contributed by atoms with Gasteiger partial charge < -0.3 is 20.5 Å². The van der Waals surface area contributed by atoms with Gasteiger partial charge in [0.25, 0.3) is 5.91 Å². The number of ether oxygens (including phenoxy) is 2. The lowest BCUT2D eigenvalue weighted by molar-refractivity contribution is 0.103. The molecular formula is C23H22ClN3O3S. The van der Waals surface area contributed by atoms with E-state index in [2.05, 4.69) is 10.3 Å². The van der Waals surface area contributed by atoms with E-state index in [4.69, 9.17) is 15.2 Å². The molecule has 0 aliphatic carbocycles. The van der Waals surface area contributed by atoms with Crippen molar-refractivity contribution in [1.82, 2.24) is 4.98 Å². The molecule has 4 rings (SSSR count). The van der Waals surface area contributed by atoms with Gasteiger partial charge >= 0.3 is 0 Å². The molecule has 3 N–H and O–H groups in total. The van der Waals surface area contributed by atoms with Crippen molar-refractivity contribution in [1.29, 1.82) is 0 Å². The topological polar surface area (TPSA) is 86.5 Å². The van der Waals surface area contributed by atoms with Crippen LogP contribution in [0, 0.1) is 6.92 Å². The first-order valence-corrected chi connectivity index (χ1v) is 10.2. The van der Waals surface area contributed by atoms with E-state index < -0.39 is 0 Å². The van der Waals surface area contributed by atoms with Gasteiger partial charge in [-0.2, -0.15) is 0 Å². The van der Waals surface area contributed by atoms with Gasteiger partial charge in [-0.1, -0.05) is 18.2 Å². The summed E-state index contributed by atoms with van der Waals surface area (Å²) in [6, 6.07) is 18.6. The Kier molecular flexibility index (Phi) is 7.12. The monoisotopic (exact) mass is 455 g/mol. The zero-order chi connectivity index (χ0) is 21.1. The van der Waals surface area contributed by atoms with E-state index in [1.807, 2.05) is 43.3 Å². The maximum Gasteiger partial charge on any atom is 0.267 e. The summed E-state index contributed by atoms with van der Waals surface area (Å²) in [5, 5.41) is 3.68. The Bertz CT molecular complexity index is 1190. The zero-order valence-corrected chi connectivity index (χ0v) is 18.7. The van der Waals surface area contributed by atoms with E-state index in [1.165, 1.54) is 11.3 Å². The Morgan fingerprint density at radius 3 is 2.45 bits per heavy atom. The molecule has 4 aromatic rings. The van der Waals surface area contributed by atoms with Gasteiger partial charge in [0.1, 0.15) is 21.2 Å². The number of hydrogen-bond donors (Lipinski definition) is 2. The molecule has 2 aromatic heterocycles. The predicted molar refractivity (Wildman–Crippen MR) is 128 cm³/mol. The minimum Gasteiger partial charge on any atom is -0.457 e. The predicted octanol–water partition coefficient (Wildman–Crippen LogP) is 5.80. The number of hydrogen-bond acceptors (Lipinski definition) is 6. The molecule has 0 aliphatic heterocycles. The molecule has 0 bridgehead atoms. The first-order valence-electron chi connectivity index (χ1n) is 9.37. The van der Waals surface area contributed by atoms with Crippen LogP contribution < -0.4 is 15.8 Å². The number of nitrogens with one attached hydrogen (secondary N) is 1. The highest BCUT2D eigenvalue weighted by atomic mass is 35.5. The van der Waals surface area contributed by atoms with Gasteiger partial charge in [-0.25, -0.2) is 4.98 Å². The molecule has 0 radical (unpaired) electrons. The Morgan fingerprint density at radius 1 is 1.10 bits per heavy atom. The Labute approximate surface area is 190 Å². The molecular weight excluding hydrogens is 434 g/mol. The number of nitrogens with two attached hydrogens (primary N) is 1. The highest BCUT2D eigenvalue weighted by molar-refractivity contribution is 7.21. The van der Waals surface area contributed by atoms with Crippen LogP contribution >= 0.6 is 23.7 Å². The van der Waals surface area contributed by atoms with E-state index in [-0.39, 0.29) is 18.3 Å². The number of rotatable bonds is 6. The highest BCUT2D eigenvalue weighted by Crippen LogP contribution is 2.36. The summed E-state index contributed by atoms with van der Waals surface area (Å²) in [7, 11) is 1.63. The number of methoxy groups -OCH3 is 1. The minimum absolute atomic E-state index is 0. The van der Waals surface area contributed by atoms with E-state index >= 15 is 0 Å². The van der Waals surface area contributed by atoms with Gasteiger partial charge in [-0.3, -0.25) is 4.79 Å². The molecule has 0 fully saturated rings. The van der Waals surface area contributed by atoms with Gasteiger partial charge in [0, 0.05) is 23.9 Å². The number of nitrogen functional groups attached to an aromatic ring is 1. The molecule has 0 atom stereocenters. The summed E-state index contributed by atoms with van der Waals surface area (Å²) in [5.41, 5.74) is 9.18. The summed E-state index contributed by atoms with van der Waals surface area (Å²) >= 11 is 1.28. The second kappa shape index (κ2) is 9.78. The van der Waals surface area contributed by atoms with Gasteiger partial charge in [0.2, 0.25) is 0 Å². The number of aromatic nitrogens is 1. The summed E-state index contributed by atoms with van der Waals surface area (Å²) in [4.78, 5) is 18.6. The minimum atomic E-state index is -0.270. The number of carbonyl (C=O) groups is 1. The van der Waals surface area contributed by atoms with Crippen molar-refractivity contribution in [3.8, 4) is 11.5 Å².